The van der Waals surface area contributed by atoms with E-state index in [0.29, 0.717) is 35.2 Å². The van der Waals surface area contributed by atoms with E-state index < -0.39 is 11.7 Å². The third kappa shape index (κ3) is 5.11. The first-order chi connectivity index (χ1) is 15.7. The number of halogens is 4. The van der Waals surface area contributed by atoms with Gasteiger partial charge in [-0.2, -0.15) is 28.2 Å². The molecular formula is C22H22ClF3N6O. The smallest absolute Gasteiger partial charge is 0.368 e. The fourth-order valence-electron chi connectivity index (χ4n) is 4.03. The van der Waals surface area contributed by atoms with Crippen LogP contribution >= 0.6 is 11.6 Å². The summed E-state index contributed by atoms with van der Waals surface area (Å²) < 4.78 is 38.4. The van der Waals surface area contributed by atoms with E-state index in [9.17, 15) is 18.0 Å². The molecule has 1 saturated heterocycles. The molecule has 1 amide bonds. The molecule has 2 atom stereocenters. The monoisotopic (exact) mass is 478 g/mol. The first-order valence-electron chi connectivity index (χ1n) is 10.5. The number of aromatic nitrogens is 4. The van der Waals surface area contributed by atoms with Crippen molar-refractivity contribution in [1.82, 2.24) is 24.9 Å². The van der Waals surface area contributed by atoms with E-state index in [1.54, 1.807) is 23.1 Å². The van der Waals surface area contributed by atoms with Crippen LogP contribution in [0.5, 0.6) is 0 Å². The molecular weight excluding hydrogens is 457 g/mol. The van der Waals surface area contributed by atoms with Crippen LogP contribution in [-0.2, 0) is 6.18 Å². The molecule has 4 rings (SSSR count). The Balaban J connectivity index is 1.55. The summed E-state index contributed by atoms with van der Waals surface area (Å²) >= 11 is 6.15. The SMILES string of the molecule is CC1CCCN(C(=O)c2ccc(Cl)cc2-n2nccn2)C1CNc1ccc(C(F)(F)F)cn1. The van der Waals surface area contributed by atoms with E-state index in [0.717, 1.165) is 25.1 Å². The molecule has 33 heavy (non-hydrogen) atoms. The summed E-state index contributed by atoms with van der Waals surface area (Å²) in [6.45, 7) is 2.97. The van der Waals surface area contributed by atoms with Crippen molar-refractivity contribution in [3.8, 4) is 5.69 Å². The third-order valence-electron chi connectivity index (χ3n) is 5.78. The highest BCUT2D eigenvalue weighted by molar-refractivity contribution is 6.31. The minimum Gasteiger partial charge on any atom is -0.368 e. The van der Waals surface area contributed by atoms with Gasteiger partial charge in [0.15, 0.2) is 0 Å². The molecule has 0 saturated carbocycles. The zero-order chi connectivity index (χ0) is 23.6. The Morgan fingerprint density at radius 3 is 2.64 bits per heavy atom. The number of nitrogens with one attached hydrogen (secondary N) is 1. The van der Waals surface area contributed by atoms with Crippen molar-refractivity contribution >= 4 is 23.3 Å². The number of carbonyl (C=O) groups excluding carboxylic acids is 1. The van der Waals surface area contributed by atoms with E-state index >= 15 is 0 Å². The summed E-state index contributed by atoms with van der Waals surface area (Å²) in [5.41, 5.74) is 0.0904. The van der Waals surface area contributed by atoms with Crippen molar-refractivity contribution in [3.63, 3.8) is 0 Å². The van der Waals surface area contributed by atoms with Crippen LogP contribution < -0.4 is 5.32 Å². The van der Waals surface area contributed by atoms with E-state index in [2.05, 4.69) is 27.4 Å². The number of hydrogen-bond donors (Lipinski definition) is 1. The zero-order valence-electron chi connectivity index (χ0n) is 17.8. The number of hydrogen-bond acceptors (Lipinski definition) is 5. The van der Waals surface area contributed by atoms with Crippen LogP contribution in [0.1, 0.15) is 35.7 Å². The average molecular weight is 479 g/mol. The van der Waals surface area contributed by atoms with Gasteiger partial charge >= 0.3 is 6.18 Å². The summed E-state index contributed by atoms with van der Waals surface area (Å²) in [6.07, 6.45) is 1.18. The van der Waals surface area contributed by atoms with Crippen LogP contribution in [0.15, 0.2) is 48.9 Å². The van der Waals surface area contributed by atoms with Gasteiger partial charge < -0.3 is 10.2 Å². The van der Waals surface area contributed by atoms with Crippen LogP contribution in [0, 0.1) is 5.92 Å². The largest absolute Gasteiger partial charge is 0.417 e. The lowest BCUT2D eigenvalue weighted by Gasteiger charge is -2.40. The van der Waals surface area contributed by atoms with Crippen molar-refractivity contribution in [3.05, 3.63) is 65.1 Å². The Morgan fingerprint density at radius 2 is 1.97 bits per heavy atom. The number of likely N-dealkylation sites (tertiary alicyclic amines) is 1. The number of alkyl halides is 3. The van der Waals surface area contributed by atoms with Gasteiger partial charge in [-0.25, -0.2) is 4.98 Å². The number of piperidine rings is 1. The number of carbonyl (C=O) groups is 1. The lowest BCUT2D eigenvalue weighted by atomic mass is 9.90. The molecule has 11 heteroatoms. The predicted molar refractivity (Wildman–Crippen MR) is 117 cm³/mol. The van der Waals surface area contributed by atoms with Gasteiger partial charge in [0.2, 0.25) is 0 Å². The molecule has 0 aliphatic carbocycles. The molecule has 2 unspecified atom stereocenters. The van der Waals surface area contributed by atoms with Gasteiger partial charge in [0.25, 0.3) is 5.91 Å². The van der Waals surface area contributed by atoms with E-state index in [1.807, 2.05) is 0 Å². The van der Waals surface area contributed by atoms with Crippen molar-refractivity contribution in [2.45, 2.75) is 32.0 Å². The summed E-state index contributed by atoms with van der Waals surface area (Å²) in [5.74, 6) is 0.321. The maximum Gasteiger partial charge on any atom is 0.417 e. The molecule has 3 aromatic rings. The number of benzene rings is 1. The molecule has 1 fully saturated rings. The van der Waals surface area contributed by atoms with Crippen LogP contribution in [0.2, 0.25) is 5.02 Å². The Morgan fingerprint density at radius 1 is 1.21 bits per heavy atom. The van der Waals surface area contributed by atoms with Gasteiger partial charge in [-0.3, -0.25) is 4.79 Å². The first kappa shape index (κ1) is 23.0. The van der Waals surface area contributed by atoms with Crippen molar-refractivity contribution < 1.29 is 18.0 Å². The first-order valence-corrected chi connectivity index (χ1v) is 10.9. The molecule has 0 bridgehead atoms. The van der Waals surface area contributed by atoms with E-state index in [1.165, 1.54) is 23.3 Å². The highest BCUT2D eigenvalue weighted by Crippen LogP contribution is 2.30. The normalized spacial score (nSPS) is 18.9. The number of anilines is 1. The number of amides is 1. The van der Waals surface area contributed by atoms with Crippen molar-refractivity contribution in [2.24, 2.45) is 5.92 Å². The van der Waals surface area contributed by atoms with Crippen molar-refractivity contribution in [2.75, 3.05) is 18.4 Å². The standard InChI is InChI=1S/C22H22ClF3N6O/c1-14-3-2-10-31(19(14)13-28-20-7-4-15(12-27-20)22(24,25)26)21(33)17-6-5-16(23)11-18(17)32-29-8-9-30-32/h4-9,11-12,14,19H,2-3,10,13H2,1H3,(H,27,28). The molecule has 1 N–H and O–H groups in total. The quantitative estimate of drug-likeness (QED) is 0.576. The zero-order valence-corrected chi connectivity index (χ0v) is 18.5. The van der Waals surface area contributed by atoms with Gasteiger partial charge in [-0.05, 0) is 49.1 Å². The van der Waals surface area contributed by atoms with Gasteiger partial charge in [0.05, 0.1) is 35.2 Å². The molecule has 1 aliphatic rings. The predicted octanol–water partition coefficient (Wildman–Crippen LogP) is 4.69. The maximum absolute atomic E-state index is 13.6. The second-order valence-corrected chi connectivity index (χ2v) is 8.41. The highest BCUT2D eigenvalue weighted by Gasteiger charge is 2.34. The summed E-state index contributed by atoms with van der Waals surface area (Å²) in [5, 5.41) is 11.8. The van der Waals surface area contributed by atoms with Crippen LogP contribution in [0.4, 0.5) is 19.0 Å². The maximum atomic E-state index is 13.6. The van der Waals surface area contributed by atoms with E-state index in [4.69, 9.17) is 11.6 Å². The average Bonchev–Trinajstić information content (AvgIpc) is 3.32. The lowest BCUT2D eigenvalue weighted by molar-refractivity contribution is -0.137. The van der Waals surface area contributed by atoms with Gasteiger partial charge in [0.1, 0.15) is 5.82 Å². The summed E-state index contributed by atoms with van der Waals surface area (Å²) in [4.78, 5) is 20.6. The lowest BCUT2D eigenvalue weighted by Crippen LogP contribution is -2.51. The molecule has 0 spiro atoms. The number of rotatable bonds is 5. The molecule has 174 valence electrons. The second kappa shape index (κ2) is 9.38. The van der Waals surface area contributed by atoms with Gasteiger partial charge in [0, 0.05) is 24.3 Å². The number of nitrogens with zero attached hydrogens (tertiary/aromatic N) is 5. The fraction of sp³-hybridized carbons (Fsp3) is 0.364. The Labute approximate surface area is 193 Å². The topological polar surface area (TPSA) is 75.9 Å². The minimum atomic E-state index is -4.44. The van der Waals surface area contributed by atoms with Crippen LogP contribution in [-0.4, -0.2) is 49.9 Å². The van der Waals surface area contributed by atoms with Crippen molar-refractivity contribution in [1.29, 1.82) is 0 Å². The molecule has 3 heterocycles. The minimum absolute atomic E-state index is 0.176. The third-order valence-corrected chi connectivity index (χ3v) is 6.02. The van der Waals surface area contributed by atoms with E-state index in [-0.39, 0.29) is 17.9 Å². The highest BCUT2D eigenvalue weighted by atomic mass is 35.5. The Hall–Kier alpha value is -3.14. The fourth-order valence-corrected chi connectivity index (χ4v) is 4.20. The Bertz CT molecular complexity index is 1100. The summed E-state index contributed by atoms with van der Waals surface area (Å²) in [7, 11) is 0. The Kier molecular flexibility index (Phi) is 6.55. The van der Waals surface area contributed by atoms with Crippen LogP contribution in [0.25, 0.3) is 5.69 Å². The van der Waals surface area contributed by atoms with Gasteiger partial charge in [-0.15, -0.1) is 0 Å². The molecule has 0 radical (unpaired) electrons. The molecule has 1 aromatic carbocycles. The molecule has 7 nitrogen and oxygen atoms in total. The molecule has 2 aromatic heterocycles. The second-order valence-electron chi connectivity index (χ2n) is 7.98. The summed E-state index contributed by atoms with van der Waals surface area (Å²) in [6, 6.07) is 7.05. The van der Waals surface area contributed by atoms with Crippen LogP contribution in [0.3, 0.4) is 0 Å². The molecule has 1 aliphatic heterocycles. The number of pyridine rings is 1. The van der Waals surface area contributed by atoms with Gasteiger partial charge in [-0.1, -0.05) is 18.5 Å².